The number of H-pyrrole nitrogens is 2. The van der Waals surface area contributed by atoms with E-state index in [0.717, 1.165) is 76.3 Å². The standard InChI is InChI=1S/C28H33N9O/c1-28(2,3)27(38)31-19-11-18(13-29-14-19)17-5-6-21-20(12-17)24(35-34-21)26-32-22-15-30-16-23(25(22)33-26)37-9-7-36(4)8-10-37/h5-6,11-16,27,31,38H,7-10H2,1-4H3,(H,32,33)(H,34,35). The number of nitrogens with zero attached hydrogens (tertiary/aromatic N) is 6. The zero-order chi connectivity index (χ0) is 26.4. The van der Waals surface area contributed by atoms with E-state index in [1.807, 2.05) is 57.6 Å². The van der Waals surface area contributed by atoms with Crippen LogP contribution >= 0.6 is 0 Å². The van der Waals surface area contributed by atoms with Crippen LogP contribution in [0.1, 0.15) is 20.8 Å². The van der Waals surface area contributed by atoms with Crippen LogP contribution in [0.2, 0.25) is 0 Å². The number of hydrogen-bond donors (Lipinski definition) is 4. The molecule has 0 saturated carbocycles. The second-order valence-electron chi connectivity index (χ2n) is 11.1. The lowest BCUT2D eigenvalue weighted by atomic mass is 9.94. The predicted molar refractivity (Wildman–Crippen MR) is 151 cm³/mol. The van der Waals surface area contributed by atoms with Crippen molar-refractivity contribution in [1.29, 1.82) is 0 Å². The summed E-state index contributed by atoms with van der Waals surface area (Å²) in [5.41, 5.74) is 6.93. The molecule has 4 N–H and O–H groups in total. The first-order valence-corrected chi connectivity index (χ1v) is 12.9. The molecule has 1 aliphatic heterocycles. The highest BCUT2D eigenvalue weighted by molar-refractivity contribution is 5.97. The summed E-state index contributed by atoms with van der Waals surface area (Å²) >= 11 is 0. The molecule has 38 heavy (non-hydrogen) atoms. The summed E-state index contributed by atoms with van der Waals surface area (Å²) < 4.78 is 0. The molecule has 1 fully saturated rings. The van der Waals surface area contributed by atoms with Crippen molar-refractivity contribution in [2.75, 3.05) is 43.4 Å². The molecule has 1 saturated heterocycles. The number of likely N-dealkylation sites (N-methyl/N-ethyl adjacent to an activating group) is 1. The smallest absolute Gasteiger partial charge is 0.159 e. The summed E-state index contributed by atoms with van der Waals surface area (Å²) in [7, 11) is 2.15. The number of fused-ring (bicyclic) bond motifs is 2. The van der Waals surface area contributed by atoms with Crippen LogP contribution in [0.25, 0.3) is 44.6 Å². The van der Waals surface area contributed by atoms with E-state index in [-0.39, 0.29) is 5.41 Å². The van der Waals surface area contributed by atoms with Gasteiger partial charge >= 0.3 is 0 Å². The van der Waals surface area contributed by atoms with Crippen molar-refractivity contribution < 1.29 is 5.11 Å². The van der Waals surface area contributed by atoms with Crippen LogP contribution in [0.3, 0.4) is 0 Å². The van der Waals surface area contributed by atoms with Crippen LogP contribution in [0.5, 0.6) is 0 Å². The Balaban J connectivity index is 1.35. The highest BCUT2D eigenvalue weighted by Gasteiger charge is 2.23. The van der Waals surface area contributed by atoms with Gasteiger partial charge in [-0.2, -0.15) is 5.10 Å². The van der Waals surface area contributed by atoms with Gasteiger partial charge in [0, 0.05) is 48.7 Å². The molecular weight excluding hydrogens is 478 g/mol. The number of aromatic nitrogens is 6. The molecular formula is C28H33N9O. The van der Waals surface area contributed by atoms with Crippen molar-refractivity contribution in [3.05, 3.63) is 49.1 Å². The van der Waals surface area contributed by atoms with E-state index in [4.69, 9.17) is 4.98 Å². The van der Waals surface area contributed by atoms with Crippen LogP contribution in [0.15, 0.2) is 49.1 Å². The van der Waals surface area contributed by atoms with E-state index in [1.54, 1.807) is 6.20 Å². The number of imidazole rings is 1. The van der Waals surface area contributed by atoms with Gasteiger partial charge in [0.2, 0.25) is 0 Å². The Morgan fingerprint density at radius 1 is 0.947 bits per heavy atom. The van der Waals surface area contributed by atoms with Gasteiger partial charge in [-0.3, -0.25) is 15.1 Å². The van der Waals surface area contributed by atoms with Gasteiger partial charge in [-0.1, -0.05) is 26.8 Å². The molecule has 0 bridgehead atoms. The maximum Gasteiger partial charge on any atom is 0.159 e. The second kappa shape index (κ2) is 9.38. The van der Waals surface area contributed by atoms with E-state index in [2.05, 4.69) is 53.4 Å². The summed E-state index contributed by atoms with van der Waals surface area (Å²) in [5, 5.41) is 22.4. The van der Waals surface area contributed by atoms with E-state index in [0.29, 0.717) is 5.82 Å². The molecule has 0 spiro atoms. The zero-order valence-corrected chi connectivity index (χ0v) is 22.2. The first-order valence-electron chi connectivity index (χ1n) is 12.9. The predicted octanol–water partition coefficient (Wildman–Crippen LogP) is 4.09. The lowest BCUT2D eigenvalue weighted by molar-refractivity contribution is 0.0880. The summed E-state index contributed by atoms with van der Waals surface area (Å²) in [6.07, 6.45) is 6.58. The van der Waals surface area contributed by atoms with Gasteiger partial charge in [0.05, 0.1) is 41.0 Å². The Hall–Kier alpha value is -4.02. The van der Waals surface area contributed by atoms with Crippen molar-refractivity contribution in [2.45, 2.75) is 27.0 Å². The SMILES string of the molecule is CN1CCN(c2cncc3[nH]c(-c4n[nH]c5ccc(-c6cncc(NC(O)C(C)(C)C)c6)cc45)nc23)CC1. The fourth-order valence-corrected chi connectivity index (χ4v) is 4.74. The molecule has 0 amide bonds. The minimum absolute atomic E-state index is 0.299. The summed E-state index contributed by atoms with van der Waals surface area (Å²) in [6.45, 7) is 9.88. The molecule has 1 aliphatic rings. The van der Waals surface area contributed by atoms with Gasteiger partial charge in [-0.25, -0.2) is 4.98 Å². The van der Waals surface area contributed by atoms with Crippen molar-refractivity contribution in [1.82, 2.24) is 35.0 Å². The van der Waals surface area contributed by atoms with Crippen molar-refractivity contribution in [2.24, 2.45) is 5.41 Å². The number of nitrogens with one attached hydrogen (secondary N) is 3. The lowest BCUT2D eigenvalue weighted by Crippen LogP contribution is -2.44. The van der Waals surface area contributed by atoms with Gasteiger partial charge in [0.15, 0.2) is 5.82 Å². The highest BCUT2D eigenvalue weighted by atomic mass is 16.3. The summed E-state index contributed by atoms with van der Waals surface area (Å²) in [6, 6.07) is 8.16. The zero-order valence-electron chi connectivity index (χ0n) is 22.2. The van der Waals surface area contributed by atoms with Crippen molar-refractivity contribution in [3.8, 4) is 22.6 Å². The van der Waals surface area contributed by atoms with Gasteiger partial charge in [-0.05, 0) is 30.8 Å². The Kier molecular flexibility index (Phi) is 6.00. The molecule has 1 aromatic carbocycles. The number of benzene rings is 1. The third kappa shape index (κ3) is 4.57. The Morgan fingerprint density at radius 2 is 1.74 bits per heavy atom. The molecule has 1 atom stereocenters. The van der Waals surface area contributed by atoms with Crippen LogP contribution in [-0.4, -0.2) is 79.6 Å². The van der Waals surface area contributed by atoms with Gasteiger partial charge < -0.3 is 25.2 Å². The highest BCUT2D eigenvalue weighted by Crippen LogP contribution is 2.33. The number of pyridine rings is 2. The van der Waals surface area contributed by atoms with Crippen LogP contribution in [0, 0.1) is 5.41 Å². The quantitative estimate of drug-likeness (QED) is 0.260. The molecule has 10 nitrogen and oxygen atoms in total. The third-order valence-electron chi connectivity index (χ3n) is 7.20. The summed E-state index contributed by atoms with van der Waals surface area (Å²) in [4.78, 5) is 22.0. The van der Waals surface area contributed by atoms with Crippen molar-refractivity contribution >= 4 is 33.3 Å². The molecule has 10 heteroatoms. The Morgan fingerprint density at radius 3 is 2.53 bits per heavy atom. The number of rotatable bonds is 5. The minimum Gasteiger partial charge on any atom is -0.373 e. The topological polar surface area (TPSA) is 122 Å². The molecule has 0 aliphatic carbocycles. The number of aromatic amines is 2. The lowest BCUT2D eigenvalue weighted by Gasteiger charge is -2.33. The number of aliphatic hydroxyl groups is 1. The number of piperazine rings is 1. The largest absolute Gasteiger partial charge is 0.373 e. The molecule has 0 radical (unpaired) electrons. The van der Waals surface area contributed by atoms with Gasteiger partial charge in [0.1, 0.15) is 17.4 Å². The average molecular weight is 512 g/mol. The first kappa shape index (κ1) is 24.3. The first-order chi connectivity index (χ1) is 18.3. The Bertz CT molecular complexity index is 1590. The van der Waals surface area contributed by atoms with E-state index in [1.165, 1.54) is 0 Å². The monoisotopic (exact) mass is 511 g/mol. The maximum absolute atomic E-state index is 10.5. The second-order valence-corrected chi connectivity index (χ2v) is 11.1. The summed E-state index contributed by atoms with van der Waals surface area (Å²) in [5.74, 6) is 0.702. The molecule has 6 rings (SSSR count). The molecule has 4 aromatic heterocycles. The van der Waals surface area contributed by atoms with Crippen molar-refractivity contribution in [3.63, 3.8) is 0 Å². The van der Waals surface area contributed by atoms with Crippen LogP contribution in [-0.2, 0) is 0 Å². The van der Waals surface area contributed by atoms with E-state index in [9.17, 15) is 5.11 Å². The van der Waals surface area contributed by atoms with Crippen LogP contribution in [0.4, 0.5) is 11.4 Å². The van der Waals surface area contributed by atoms with E-state index < -0.39 is 6.23 Å². The fraction of sp³-hybridized carbons (Fsp3) is 0.357. The third-order valence-corrected chi connectivity index (χ3v) is 7.20. The normalized spacial score (nSPS) is 15.9. The number of anilines is 2. The van der Waals surface area contributed by atoms with Gasteiger partial charge in [0.25, 0.3) is 0 Å². The van der Waals surface area contributed by atoms with Crippen LogP contribution < -0.4 is 10.2 Å². The minimum atomic E-state index is -0.694. The molecule has 5 aromatic rings. The molecule has 5 heterocycles. The molecule has 1 unspecified atom stereocenters. The maximum atomic E-state index is 10.5. The average Bonchev–Trinajstić information content (AvgIpc) is 3.52. The van der Waals surface area contributed by atoms with E-state index >= 15 is 0 Å². The Labute approximate surface area is 221 Å². The molecule has 196 valence electrons. The number of aliphatic hydroxyl groups excluding tert-OH is 1. The number of hydrogen-bond acceptors (Lipinski definition) is 8. The van der Waals surface area contributed by atoms with Gasteiger partial charge in [-0.15, -0.1) is 0 Å². The fourth-order valence-electron chi connectivity index (χ4n) is 4.74.